The summed E-state index contributed by atoms with van der Waals surface area (Å²) >= 11 is 0. The average Bonchev–Trinajstić information content (AvgIpc) is 3.19. The summed E-state index contributed by atoms with van der Waals surface area (Å²) in [7, 11) is 0. The van der Waals surface area contributed by atoms with Gasteiger partial charge in [-0.05, 0) is 69.1 Å². The molecule has 1 fully saturated rings. The molecule has 1 saturated heterocycles. The van der Waals surface area contributed by atoms with E-state index in [0.29, 0.717) is 23.6 Å². The highest BCUT2D eigenvalue weighted by Crippen LogP contribution is 2.19. The number of rotatable bonds is 8. The van der Waals surface area contributed by atoms with E-state index >= 15 is 0 Å². The van der Waals surface area contributed by atoms with Crippen molar-refractivity contribution in [3.05, 3.63) is 65.5 Å². The zero-order chi connectivity index (χ0) is 19.9. The second kappa shape index (κ2) is 9.70. The van der Waals surface area contributed by atoms with Crippen molar-refractivity contribution in [2.24, 2.45) is 0 Å². The summed E-state index contributed by atoms with van der Waals surface area (Å²) in [4.78, 5) is 19.5. The van der Waals surface area contributed by atoms with Crippen LogP contribution in [0.1, 0.15) is 47.5 Å². The van der Waals surface area contributed by atoms with Gasteiger partial charge in [-0.25, -0.2) is 4.98 Å². The van der Waals surface area contributed by atoms with Crippen LogP contribution >= 0.6 is 0 Å². The van der Waals surface area contributed by atoms with Gasteiger partial charge in [-0.2, -0.15) is 0 Å². The molecule has 0 saturated carbocycles. The molecular formula is C24H29N3O2. The smallest absolute Gasteiger partial charge is 0.251 e. The maximum atomic E-state index is 12.5. The van der Waals surface area contributed by atoms with Gasteiger partial charge in [-0.1, -0.05) is 36.8 Å². The number of aryl methyl sites for hydroxylation is 2. The van der Waals surface area contributed by atoms with Gasteiger partial charge in [0.1, 0.15) is 5.52 Å². The minimum Gasteiger partial charge on any atom is -0.441 e. The Morgan fingerprint density at radius 3 is 2.69 bits per heavy atom. The fraction of sp³-hybridized carbons (Fsp3) is 0.417. The molecule has 1 N–H and O–H groups in total. The van der Waals surface area contributed by atoms with E-state index in [0.717, 1.165) is 31.3 Å². The predicted octanol–water partition coefficient (Wildman–Crippen LogP) is 4.22. The summed E-state index contributed by atoms with van der Waals surface area (Å²) in [5.74, 6) is 0.663. The Labute approximate surface area is 172 Å². The third-order valence-corrected chi connectivity index (χ3v) is 5.55. The number of piperidine rings is 1. The van der Waals surface area contributed by atoms with Crippen molar-refractivity contribution in [1.82, 2.24) is 15.2 Å². The molecule has 2 aromatic carbocycles. The Kier molecular flexibility index (Phi) is 6.57. The molecule has 0 bridgehead atoms. The van der Waals surface area contributed by atoms with Crippen LogP contribution in [0.5, 0.6) is 0 Å². The summed E-state index contributed by atoms with van der Waals surface area (Å²) < 4.78 is 5.89. The maximum absolute atomic E-state index is 12.5. The Bertz CT molecular complexity index is 930. The first kappa shape index (κ1) is 19.6. The van der Waals surface area contributed by atoms with Gasteiger partial charge in [0.05, 0.1) is 0 Å². The van der Waals surface area contributed by atoms with E-state index in [2.05, 4.69) is 27.3 Å². The van der Waals surface area contributed by atoms with Gasteiger partial charge in [0, 0.05) is 18.5 Å². The van der Waals surface area contributed by atoms with Gasteiger partial charge in [0.2, 0.25) is 0 Å². The first-order valence-electron chi connectivity index (χ1n) is 10.7. The van der Waals surface area contributed by atoms with Gasteiger partial charge in [-0.3, -0.25) is 4.79 Å². The molecule has 152 valence electrons. The van der Waals surface area contributed by atoms with Crippen molar-refractivity contribution >= 4 is 17.0 Å². The van der Waals surface area contributed by atoms with E-state index in [1.165, 1.54) is 37.9 Å². The monoisotopic (exact) mass is 391 g/mol. The van der Waals surface area contributed by atoms with Crippen molar-refractivity contribution < 1.29 is 9.21 Å². The molecule has 0 atom stereocenters. The molecule has 5 heteroatoms. The van der Waals surface area contributed by atoms with E-state index < -0.39 is 0 Å². The number of hydrogen-bond acceptors (Lipinski definition) is 4. The Morgan fingerprint density at radius 2 is 1.86 bits per heavy atom. The van der Waals surface area contributed by atoms with Gasteiger partial charge >= 0.3 is 0 Å². The SMILES string of the molecule is O=C(NCCCN1CCCCC1)c1ccc2nc(CCc3ccccc3)oc2c1. The number of carbonyl (C=O) groups excluding carboxylic acids is 1. The highest BCUT2D eigenvalue weighted by atomic mass is 16.3. The van der Waals surface area contributed by atoms with Gasteiger partial charge in [0.25, 0.3) is 5.91 Å². The molecule has 29 heavy (non-hydrogen) atoms. The second-order valence-electron chi connectivity index (χ2n) is 7.79. The van der Waals surface area contributed by atoms with Crippen LogP contribution < -0.4 is 5.32 Å². The highest BCUT2D eigenvalue weighted by molar-refractivity contribution is 5.96. The van der Waals surface area contributed by atoms with Gasteiger partial charge < -0.3 is 14.6 Å². The van der Waals surface area contributed by atoms with Crippen molar-refractivity contribution in [3.8, 4) is 0 Å². The number of carbonyl (C=O) groups is 1. The van der Waals surface area contributed by atoms with Crippen LogP contribution in [0.15, 0.2) is 52.9 Å². The molecule has 2 heterocycles. The molecule has 1 amide bonds. The summed E-state index contributed by atoms with van der Waals surface area (Å²) in [5, 5.41) is 3.03. The average molecular weight is 392 g/mol. The van der Waals surface area contributed by atoms with Crippen LogP contribution in [0, 0.1) is 0 Å². The van der Waals surface area contributed by atoms with Crippen molar-refractivity contribution in [2.75, 3.05) is 26.2 Å². The highest BCUT2D eigenvalue weighted by Gasteiger charge is 2.12. The van der Waals surface area contributed by atoms with Crippen LogP contribution in [0.3, 0.4) is 0 Å². The number of hydrogen-bond donors (Lipinski definition) is 1. The number of fused-ring (bicyclic) bond motifs is 1. The number of benzene rings is 2. The fourth-order valence-corrected chi connectivity index (χ4v) is 3.91. The Morgan fingerprint density at radius 1 is 1.03 bits per heavy atom. The Balaban J connectivity index is 1.29. The molecule has 3 aromatic rings. The third kappa shape index (κ3) is 5.45. The van der Waals surface area contributed by atoms with E-state index in [1.54, 1.807) is 6.07 Å². The first-order chi connectivity index (χ1) is 14.3. The molecule has 5 nitrogen and oxygen atoms in total. The van der Waals surface area contributed by atoms with Crippen LogP contribution in [-0.4, -0.2) is 42.0 Å². The second-order valence-corrected chi connectivity index (χ2v) is 7.79. The van der Waals surface area contributed by atoms with Crippen molar-refractivity contribution in [2.45, 2.75) is 38.5 Å². The quantitative estimate of drug-likeness (QED) is 0.584. The number of oxazole rings is 1. The van der Waals surface area contributed by atoms with Crippen LogP contribution in [0.2, 0.25) is 0 Å². The third-order valence-electron chi connectivity index (χ3n) is 5.55. The normalized spacial score (nSPS) is 14.9. The van der Waals surface area contributed by atoms with E-state index in [1.807, 2.05) is 30.3 Å². The molecular weight excluding hydrogens is 362 g/mol. The zero-order valence-electron chi connectivity index (χ0n) is 16.9. The van der Waals surface area contributed by atoms with Crippen LogP contribution in [0.25, 0.3) is 11.1 Å². The van der Waals surface area contributed by atoms with Crippen molar-refractivity contribution in [3.63, 3.8) is 0 Å². The molecule has 0 aliphatic carbocycles. The van der Waals surface area contributed by atoms with Crippen LogP contribution in [-0.2, 0) is 12.8 Å². The van der Waals surface area contributed by atoms with Crippen LogP contribution in [0.4, 0.5) is 0 Å². The standard InChI is InChI=1S/C24H29N3O2/c28-24(25-14-7-17-27-15-5-2-6-16-27)20-11-12-21-22(18-20)29-23(26-21)13-10-19-8-3-1-4-9-19/h1,3-4,8-9,11-12,18H,2,5-7,10,13-17H2,(H,25,28). The number of amides is 1. The summed E-state index contributed by atoms with van der Waals surface area (Å²) in [5.41, 5.74) is 3.37. The minimum absolute atomic E-state index is 0.0484. The summed E-state index contributed by atoms with van der Waals surface area (Å²) in [6.07, 6.45) is 6.58. The van der Waals surface area contributed by atoms with E-state index in [4.69, 9.17) is 4.42 Å². The predicted molar refractivity (Wildman–Crippen MR) is 115 cm³/mol. The minimum atomic E-state index is -0.0484. The summed E-state index contributed by atoms with van der Waals surface area (Å²) in [6.45, 7) is 4.16. The molecule has 0 spiro atoms. The lowest BCUT2D eigenvalue weighted by atomic mass is 10.1. The molecule has 0 unspecified atom stereocenters. The molecule has 1 aliphatic rings. The van der Waals surface area contributed by atoms with Crippen molar-refractivity contribution in [1.29, 1.82) is 0 Å². The lowest BCUT2D eigenvalue weighted by Gasteiger charge is -2.26. The first-order valence-corrected chi connectivity index (χ1v) is 10.7. The van der Waals surface area contributed by atoms with E-state index in [9.17, 15) is 4.79 Å². The van der Waals surface area contributed by atoms with Gasteiger partial charge in [-0.15, -0.1) is 0 Å². The molecule has 0 radical (unpaired) electrons. The molecule has 1 aromatic heterocycles. The number of likely N-dealkylation sites (tertiary alicyclic amines) is 1. The summed E-state index contributed by atoms with van der Waals surface area (Å²) in [6, 6.07) is 15.8. The largest absolute Gasteiger partial charge is 0.441 e. The topological polar surface area (TPSA) is 58.4 Å². The van der Waals surface area contributed by atoms with Gasteiger partial charge in [0.15, 0.2) is 11.5 Å². The number of nitrogens with zero attached hydrogens (tertiary/aromatic N) is 2. The fourth-order valence-electron chi connectivity index (χ4n) is 3.91. The molecule has 1 aliphatic heterocycles. The number of nitrogens with one attached hydrogen (secondary N) is 1. The molecule has 4 rings (SSSR count). The lowest BCUT2D eigenvalue weighted by Crippen LogP contribution is -2.33. The lowest BCUT2D eigenvalue weighted by molar-refractivity contribution is 0.0951. The zero-order valence-corrected chi connectivity index (χ0v) is 16.9. The van der Waals surface area contributed by atoms with E-state index in [-0.39, 0.29) is 5.91 Å². The maximum Gasteiger partial charge on any atom is 0.251 e. The number of aromatic nitrogens is 1. The Hall–Kier alpha value is -2.66.